The lowest BCUT2D eigenvalue weighted by Crippen LogP contribution is -2.41. The van der Waals surface area contributed by atoms with Crippen LogP contribution in [0.3, 0.4) is 0 Å². The van der Waals surface area contributed by atoms with Crippen molar-refractivity contribution in [3.8, 4) is 0 Å². The van der Waals surface area contributed by atoms with Gasteiger partial charge in [-0.2, -0.15) is 0 Å². The molecule has 1 aromatic carbocycles. The van der Waals surface area contributed by atoms with Crippen LogP contribution < -0.4 is 10.6 Å². The maximum atomic E-state index is 4.28. The second-order valence-corrected chi connectivity index (χ2v) is 5.55. The van der Waals surface area contributed by atoms with E-state index in [1.807, 2.05) is 7.05 Å². The number of likely N-dealkylation sites (N-methyl/N-ethyl adjacent to an activating group) is 1. The minimum absolute atomic E-state index is 0. The van der Waals surface area contributed by atoms with E-state index < -0.39 is 0 Å². The molecule has 0 aliphatic rings. The van der Waals surface area contributed by atoms with Gasteiger partial charge in [-0.05, 0) is 38.4 Å². The summed E-state index contributed by atoms with van der Waals surface area (Å²) in [4.78, 5) is 6.59. The molecule has 0 heterocycles. The Morgan fingerprint density at radius 3 is 2.36 bits per heavy atom. The van der Waals surface area contributed by atoms with Gasteiger partial charge in [-0.3, -0.25) is 4.99 Å². The maximum Gasteiger partial charge on any atom is 0.191 e. The van der Waals surface area contributed by atoms with Gasteiger partial charge in [0.2, 0.25) is 0 Å². The molecule has 126 valence electrons. The van der Waals surface area contributed by atoms with Crippen LogP contribution in [0.2, 0.25) is 0 Å². The summed E-state index contributed by atoms with van der Waals surface area (Å²) in [5.41, 5.74) is 2.72. The molecule has 0 fully saturated rings. The molecule has 5 heteroatoms. The Balaban J connectivity index is 0.00000441. The standard InChI is InChI=1S/C17H30N4.HI/c1-6-15-9-7-8-10-16(15)13-20-17(18-4)19-11-12-21(5)14(2)3;/h7-10,14H,6,11-13H2,1-5H3,(H2,18,19,20);1H. The van der Waals surface area contributed by atoms with Crippen molar-refractivity contribution in [3.05, 3.63) is 35.4 Å². The third-order valence-electron chi connectivity index (χ3n) is 3.81. The van der Waals surface area contributed by atoms with E-state index in [-0.39, 0.29) is 24.0 Å². The summed E-state index contributed by atoms with van der Waals surface area (Å²) in [6.45, 7) is 9.30. The van der Waals surface area contributed by atoms with Gasteiger partial charge < -0.3 is 15.5 Å². The van der Waals surface area contributed by atoms with E-state index in [4.69, 9.17) is 0 Å². The fraction of sp³-hybridized carbons (Fsp3) is 0.588. The average molecular weight is 418 g/mol. The first kappa shape index (κ1) is 21.2. The van der Waals surface area contributed by atoms with Crippen molar-refractivity contribution in [1.29, 1.82) is 0 Å². The van der Waals surface area contributed by atoms with E-state index in [0.717, 1.165) is 32.0 Å². The lowest BCUT2D eigenvalue weighted by molar-refractivity contribution is 0.278. The van der Waals surface area contributed by atoms with Gasteiger partial charge in [-0.15, -0.1) is 24.0 Å². The first-order valence-electron chi connectivity index (χ1n) is 7.80. The zero-order chi connectivity index (χ0) is 15.7. The highest BCUT2D eigenvalue weighted by molar-refractivity contribution is 14.0. The van der Waals surface area contributed by atoms with Gasteiger partial charge in [0, 0.05) is 32.7 Å². The molecule has 4 nitrogen and oxygen atoms in total. The van der Waals surface area contributed by atoms with Gasteiger partial charge in [-0.25, -0.2) is 0 Å². The SMILES string of the molecule is CCc1ccccc1CNC(=NC)NCCN(C)C(C)C.I. The Hall–Kier alpha value is -0.820. The average Bonchev–Trinajstić information content (AvgIpc) is 2.50. The lowest BCUT2D eigenvalue weighted by atomic mass is 10.1. The number of hydrogen-bond donors (Lipinski definition) is 2. The summed E-state index contributed by atoms with van der Waals surface area (Å²) in [7, 11) is 3.95. The molecule has 0 spiro atoms. The van der Waals surface area contributed by atoms with Crippen molar-refractivity contribution >= 4 is 29.9 Å². The van der Waals surface area contributed by atoms with Crippen molar-refractivity contribution in [1.82, 2.24) is 15.5 Å². The van der Waals surface area contributed by atoms with Crippen LogP contribution >= 0.6 is 24.0 Å². The van der Waals surface area contributed by atoms with Crippen molar-refractivity contribution in [2.75, 3.05) is 27.2 Å². The number of aliphatic imine (C=N–C) groups is 1. The van der Waals surface area contributed by atoms with Crippen LogP contribution in [0.4, 0.5) is 0 Å². The normalized spacial score (nSPS) is 11.5. The zero-order valence-electron chi connectivity index (χ0n) is 14.5. The molecule has 1 aromatic rings. The molecule has 0 atom stereocenters. The van der Waals surface area contributed by atoms with Crippen molar-refractivity contribution < 1.29 is 0 Å². The topological polar surface area (TPSA) is 39.7 Å². The number of nitrogens with zero attached hydrogens (tertiary/aromatic N) is 2. The van der Waals surface area contributed by atoms with Crippen LogP contribution in [0.15, 0.2) is 29.3 Å². The molecule has 0 aromatic heterocycles. The second kappa shape index (κ2) is 11.7. The number of guanidine groups is 1. The summed E-state index contributed by atoms with van der Waals surface area (Å²) in [6.07, 6.45) is 1.06. The van der Waals surface area contributed by atoms with Gasteiger partial charge in [0.15, 0.2) is 5.96 Å². The zero-order valence-corrected chi connectivity index (χ0v) is 16.8. The van der Waals surface area contributed by atoms with Gasteiger partial charge in [0.1, 0.15) is 0 Å². The fourth-order valence-electron chi connectivity index (χ4n) is 2.08. The molecular weight excluding hydrogens is 387 g/mol. The Kier molecular flexibility index (Phi) is 11.3. The predicted octanol–water partition coefficient (Wildman–Crippen LogP) is 2.87. The monoisotopic (exact) mass is 418 g/mol. The molecule has 0 aliphatic heterocycles. The Morgan fingerprint density at radius 2 is 1.82 bits per heavy atom. The molecule has 0 saturated carbocycles. The first-order valence-corrected chi connectivity index (χ1v) is 7.80. The summed E-state index contributed by atoms with van der Waals surface area (Å²) < 4.78 is 0. The van der Waals surface area contributed by atoms with Gasteiger partial charge in [0.05, 0.1) is 0 Å². The van der Waals surface area contributed by atoms with Crippen LogP contribution in [-0.2, 0) is 13.0 Å². The van der Waals surface area contributed by atoms with E-state index in [1.54, 1.807) is 0 Å². The van der Waals surface area contributed by atoms with Crippen LogP contribution in [-0.4, -0.2) is 44.1 Å². The van der Waals surface area contributed by atoms with E-state index in [1.165, 1.54) is 11.1 Å². The molecule has 0 saturated heterocycles. The smallest absolute Gasteiger partial charge is 0.191 e. The van der Waals surface area contributed by atoms with E-state index in [0.29, 0.717) is 6.04 Å². The first-order chi connectivity index (χ1) is 10.1. The second-order valence-electron chi connectivity index (χ2n) is 5.55. The van der Waals surface area contributed by atoms with E-state index in [9.17, 15) is 0 Å². The highest BCUT2D eigenvalue weighted by Crippen LogP contribution is 2.08. The fourth-order valence-corrected chi connectivity index (χ4v) is 2.08. The van der Waals surface area contributed by atoms with E-state index >= 15 is 0 Å². The number of nitrogens with one attached hydrogen (secondary N) is 2. The van der Waals surface area contributed by atoms with Gasteiger partial charge in [0.25, 0.3) is 0 Å². The molecule has 0 bridgehead atoms. The minimum atomic E-state index is 0. The van der Waals surface area contributed by atoms with Gasteiger partial charge >= 0.3 is 0 Å². The Bertz CT molecular complexity index is 446. The number of hydrogen-bond acceptors (Lipinski definition) is 2. The van der Waals surface area contributed by atoms with Crippen LogP contribution in [0.25, 0.3) is 0 Å². The van der Waals surface area contributed by atoms with Crippen LogP contribution in [0.1, 0.15) is 31.9 Å². The molecular formula is C17H31IN4. The molecule has 1 rings (SSSR count). The molecule has 0 amide bonds. The molecule has 0 aliphatic carbocycles. The third kappa shape index (κ3) is 7.45. The quantitative estimate of drug-likeness (QED) is 0.407. The number of benzene rings is 1. The summed E-state index contributed by atoms with van der Waals surface area (Å²) in [5.74, 6) is 0.859. The highest BCUT2D eigenvalue weighted by Gasteiger charge is 2.04. The highest BCUT2D eigenvalue weighted by atomic mass is 127. The lowest BCUT2D eigenvalue weighted by Gasteiger charge is -2.21. The van der Waals surface area contributed by atoms with Gasteiger partial charge in [-0.1, -0.05) is 31.2 Å². The van der Waals surface area contributed by atoms with Crippen LogP contribution in [0.5, 0.6) is 0 Å². The molecule has 2 N–H and O–H groups in total. The Morgan fingerprint density at radius 1 is 1.18 bits per heavy atom. The predicted molar refractivity (Wildman–Crippen MR) is 107 cm³/mol. The van der Waals surface area contributed by atoms with Crippen LogP contribution in [0, 0.1) is 0 Å². The third-order valence-corrected chi connectivity index (χ3v) is 3.81. The number of halogens is 1. The minimum Gasteiger partial charge on any atom is -0.355 e. The summed E-state index contributed by atoms with van der Waals surface area (Å²) in [6, 6.07) is 9.11. The summed E-state index contributed by atoms with van der Waals surface area (Å²) >= 11 is 0. The maximum absolute atomic E-state index is 4.28. The summed E-state index contributed by atoms with van der Waals surface area (Å²) in [5, 5.41) is 6.74. The molecule has 0 unspecified atom stereocenters. The van der Waals surface area contributed by atoms with Crippen molar-refractivity contribution in [2.45, 2.75) is 39.8 Å². The molecule has 0 radical (unpaired) electrons. The Labute approximate surface area is 152 Å². The number of aryl methyl sites for hydroxylation is 1. The number of rotatable bonds is 7. The van der Waals surface area contributed by atoms with Crippen molar-refractivity contribution in [2.24, 2.45) is 4.99 Å². The largest absolute Gasteiger partial charge is 0.355 e. The van der Waals surface area contributed by atoms with E-state index in [2.05, 4.69) is 72.6 Å². The molecule has 22 heavy (non-hydrogen) atoms. The van der Waals surface area contributed by atoms with Crippen molar-refractivity contribution in [3.63, 3.8) is 0 Å².